The fourth-order valence-corrected chi connectivity index (χ4v) is 2.02. The van der Waals surface area contributed by atoms with Gasteiger partial charge in [-0.2, -0.15) is 0 Å². The summed E-state index contributed by atoms with van der Waals surface area (Å²) >= 11 is 0. The van der Waals surface area contributed by atoms with E-state index in [9.17, 15) is 9.90 Å². The number of rotatable bonds is 4. The lowest BCUT2D eigenvalue weighted by atomic mass is 10.1. The molecule has 0 saturated carbocycles. The van der Waals surface area contributed by atoms with Crippen LogP contribution in [-0.2, 0) is 11.2 Å². The number of hydrogen-bond donors (Lipinski definition) is 2. The third-order valence-corrected chi connectivity index (χ3v) is 3.04. The Bertz CT molecular complexity index is 448. The van der Waals surface area contributed by atoms with Gasteiger partial charge in [0.1, 0.15) is 12.5 Å². The number of aliphatic hydroxyl groups excluding tert-OH is 1. The molecule has 0 radical (unpaired) electrons. The topological polar surface area (TPSA) is 61.8 Å². The number of ether oxygens (including phenoxy) is 1. The van der Waals surface area contributed by atoms with E-state index in [1.165, 1.54) is 4.90 Å². The first-order chi connectivity index (χ1) is 8.67. The van der Waals surface area contributed by atoms with Gasteiger partial charge in [-0.1, -0.05) is 6.07 Å². The van der Waals surface area contributed by atoms with Crippen molar-refractivity contribution in [3.8, 4) is 5.75 Å². The molecular formula is C13H18N2O3. The molecule has 2 N–H and O–H groups in total. The molecule has 1 unspecified atom stereocenters. The number of nitrogens with one attached hydrogen (secondary N) is 1. The first-order valence-corrected chi connectivity index (χ1v) is 6.03. The number of aliphatic hydroxyl groups is 1. The Kier molecular flexibility index (Phi) is 3.84. The van der Waals surface area contributed by atoms with Crippen molar-refractivity contribution >= 4 is 11.6 Å². The zero-order valence-corrected chi connectivity index (χ0v) is 10.6. The van der Waals surface area contributed by atoms with E-state index < -0.39 is 6.10 Å². The van der Waals surface area contributed by atoms with Gasteiger partial charge in [0.15, 0.2) is 6.10 Å². The van der Waals surface area contributed by atoms with E-state index >= 15 is 0 Å². The number of nitrogens with zero attached hydrogens (tertiary/aromatic N) is 1. The normalized spacial score (nSPS) is 18.5. The lowest BCUT2D eigenvalue weighted by Crippen LogP contribution is -2.44. The number of amides is 1. The SMILES string of the molecule is CNCCc1ccc2c(c1)N(CO)C(=O)C(C)O2. The van der Waals surface area contributed by atoms with Crippen LogP contribution in [0.25, 0.3) is 0 Å². The molecule has 1 amide bonds. The van der Waals surface area contributed by atoms with Crippen molar-refractivity contribution in [3.05, 3.63) is 23.8 Å². The van der Waals surface area contributed by atoms with Crippen molar-refractivity contribution in [2.45, 2.75) is 19.4 Å². The predicted molar refractivity (Wildman–Crippen MR) is 68.7 cm³/mol. The predicted octanol–water partition coefficient (Wildman–Crippen LogP) is 0.512. The van der Waals surface area contributed by atoms with E-state index in [2.05, 4.69) is 5.32 Å². The molecule has 2 rings (SSSR count). The van der Waals surface area contributed by atoms with Crippen LogP contribution < -0.4 is 15.0 Å². The van der Waals surface area contributed by atoms with Crippen LogP contribution in [0.5, 0.6) is 5.75 Å². The van der Waals surface area contributed by atoms with Gasteiger partial charge < -0.3 is 15.2 Å². The maximum Gasteiger partial charge on any atom is 0.269 e. The highest BCUT2D eigenvalue weighted by molar-refractivity contribution is 5.99. The van der Waals surface area contributed by atoms with Crippen molar-refractivity contribution < 1.29 is 14.6 Å². The average molecular weight is 250 g/mol. The van der Waals surface area contributed by atoms with Crippen LogP contribution in [-0.4, -0.2) is 37.4 Å². The molecule has 1 aliphatic rings. The van der Waals surface area contributed by atoms with Crippen LogP contribution in [0.15, 0.2) is 18.2 Å². The Balaban J connectivity index is 2.32. The summed E-state index contributed by atoms with van der Waals surface area (Å²) in [6.07, 6.45) is 0.320. The van der Waals surface area contributed by atoms with E-state index in [-0.39, 0.29) is 12.6 Å². The molecule has 0 aromatic heterocycles. The van der Waals surface area contributed by atoms with Gasteiger partial charge in [0.2, 0.25) is 0 Å². The first kappa shape index (κ1) is 12.9. The third kappa shape index (κ3) is 2.32. The van der Waals surface area contributed by atoms with Crippen molar-refractivity contribution in [2.75, 3.05) is 25.2 Å². The zero-order chi connectivity index (χ0) is 13.1. The van der Waals surface area contributed by atoms with Gasteiger partial charge in [-0.25, -0.2) is 0 Å². The second kappa shape index (κ2) is 5.37. The van der Waals surface area contributed by atoms with E-state index in [0.29, 0.717) is 11.4 Å². The van der Waals surface area contributed by atoms with Crippen LogP contribution in [0.1, 0.15) is 12.5 Å². The van der Waals surface area contributed by atoms with E-state index in [1.54, 1.807) is 6.92 Å². The van der Waals surface area contributed by atoms with E-state index in [0.717, 1.165) is 18.5 Å². The zero-order valence-electron chi connectivity index (χ0n) is 10.6. The van der Waals surface area contributed by atoms with Crippen LogP contribution in [0, 0.1) is 0 Å². The molecule has 0 bridgehead atoms. The summed E-state index contributed by atoms with van der Waals surface area (Å²) in [5.41, 5.74) is 1.75. The number of anilines is 1. The molecule has 0 saturated heterocycles. The Hall–Kier alpha value is -1.59. The number of carbonyl (C=O) groups excluding carboxylic acids is 1. The summed E-state index contributed by atoms with van der Waals surface area (Å²) in [5, 5.41) is 12.4. The van der Waals surface area contributed by atoms with Gasteiger partial charge >= 0.3 is 0 Å². The van der Waals surface area contributed by atoms with Gasteiger partial charge in [0.25, 0.3) is 5.91 Å². The summed E-state index contributed by atoms with van der Waals surface area (Å²) in [5.74, 6) is 0.431. The van der Waals surface area contributed by atoms with Gasteiger partial charge in [0, 0.05) is 0 Å². The highest BCUT2D eigenvalue weighted by Crippen LogP contribution is 2.34. The molecule has 5 heteroatoms. The van der Waals surface area contributed by atoms with Crippen molar-refractivity contribution in [1.82, 2.24) is 5.32 Å². The second-order valence-corrected chi connectivity index (χ2v) is 4.32. The first-order valence-electron chi connectivity index (χ1n) is 6.03. The van der Waals surface area contributed by atoms with Crippen molar-refractivity contribution in [3.63, 3.8) is 0 Å². The quantitative estimate of drug-likeness (QED) is 0.817. The van der Waals surface area contributed by atoms with Gasteiger partial charge in [0.05, 0.1) is 5.69 Å². The lowest BCUT2D eigenvalue weighted by Gasteiger charge is -2.31. The smallest absolute Gasteiger partial charge is 0.269 e. The second-order valence-electron chi connectivity index (χ2n) is 4.32. The van der Waals surface area contributed by atoms with Gasteiger partial charge in [-0.05, 0) is 44.6 Å². The van der Waals surface area contributed by atoms with E-state index in [4.69, 9.17) is 4.74 Å². The lowest BCUT2D eigenvalue weighted by molar-refractivity contribution is -0.126. The largest absolute Gasteiger partial charge is 0.479 e. The van der Waals surface area contributed by atoms with Gasteiger partial charge in [-0.3, -0.25) is 9.69 Å². The summed E-state index contributed by atoms with van der Waals surface area (Å²) in [7, 11) is 1.90. The van der Waals surface area contributed by atoms with Gasteiger partial charge in [-0.15, -0.1) is 0 Å². The number of benzene rings is 1. The standard InChI is InChI=1S/C13H18N2O3/c1-9-13(17)15(8-16)11-7-10(5-6-14-2)3-4-12(11)18-9/h3-4,7,9,14,16H,5-6,8H2,1-2H3. The molecule has 5 nitrogen and oxygen atoms in total. The maximum absolute atomic E-state index is 11.9. The molecule has 0 spiro atoms. The Morgan fingerprint density at radius 3 is 2.94 bits per heavy atom. The number of likely N-dealkylation sites (N-methyl/N-ethyl adjacent to an activating group) is 1. The molecular weight excluding hydrogens is 232 g/mol. The van der Waals surface area contributed by atoms with Crippen molar-refractivity contribution in [2.24, 2.45) is 0 Å². The van der Waals surface area contributed by atoms with Crippen LogP contribution in [0.3, 0.4) is 0 Å². The molecule has 0 aliphatic carbocycles. The fourth-order valence-electron chi connectivity index (χ4n) is 2.02. The highest BCUT2D eigenvalue weighted by atomic mass is 16.5. The Morgan fingerprint density at radius 2 is 2.28 bits per heavy atom. The number of fused-ring (bicyclic) bond motifs is 1. The molecule has 1 atom stereocenters. The minimum Gasteiger partial charge on any atom is -0.479 e. The monoisotopic (exact) mass is 250 g/mol. The minimum atomic E-state index is -0.548. The average Bonchev–Trinajstić information content (AvgIpc) is 2.38. The molecule has 18 heavy (non-hydrogen) atoms. The summed E-state index contributed by atoms with van der Waals surface area (Å²) in [6, 6.07) is 5.73. The summed E-state index contributed by atoms with van der Waals surface area (Å²) in [4.78, 5) is 13.2. The minimum absolute atomic E-state index is 0.212. The molecule has 1 heterocycles. The molecule has 0 fully saturated rings. The Morgan fingerprint density at radius 1 is 1.50 bits per heavy atom. The highest BCUT2D eigenvalue weighted by Gasteiger charge is 2.30. The van der Waals surface area contributed by atoms with Crippen LogP contribution in [0.4, 0.5) is 5.69 Å². The van der Waals surface area contributed by atoms with Crippen LogP contribution >= 0.6 is 0 Å². The fraction of sp³-hybridized carbons (Fsp3) is 0.462. The number of carbonyl (C=O) groups is 1. The van der Waals surface area contributed by atoms with E-state index in [1.807, 2.05) is 25.2 Å². The Labute approximate surface area is 106 Å². The molecule has 1 aromatic carbocycles. The summed E-state index contributed by atoms with van der Waals surface area (Å²) < 4.78 is 5.52. The number of hydrogen-bond acceptors (Lipinski definition) is 4. The third-order valence-electron chi connectivity index (χ3n) is 3.04. The molecule has 98 valence electrons. The van der Waals surface area contributed by atoms with Crippen molar-refractivity contribution in [1.29, 1.82) is 0 Å². The summed E-state index contributed by atoms with van der Waals surface area (Å²) in [6.45, 7) is 2.22. The molecule has 1 aliphatic heterocycles. The maximum atomic E-state index is 11.9. The molecule has 1 aromatic rings. The van der Waals surface area contributed by atoms with Crippen LogP contribution in [0.2, 0.25) is 0 Å².